The number of carbonyl (C=O) groups excluding carboxylic acids is 1. The van der Waals surface area contributed by atoms with Crippen LogP contribution in [-0.4, -0.2) is 47.3 Å². The highest BCUT2D eigenvalue weighted by atomic mass is 32.1. The molecule has 3 heterocycles. The molecule has 1 unspecified atom stereocenters. The van der Waals surface area contributed by atoms with Crippen molar-refractivity contribution in [3.05, 3.63) is 22.6 Å². The second-order valence-electron chi connectivity index (χ2n) is 6.86. The maximum Gasteiger partial charge on any atom is 0.417 e. The van der Waals surface area contributed by atoms with Gasteiger partial charge >= 0.3 is 12.3 Å². The summed E-state index contributed by atoms with van der Waals surface area (Å²) in [4.78, 5) is 29.1. The molecular weight excluding hydrogens is 397 g/mol. The number of anilines is 1. The predicted molar refractivity (Wildman–Crippen MR) is 99.0 cm³/mol. The lowest BCUT2D eigenvalue weighted by Gasteiger charge is -2.20. The van der Waals surface area contributed by atoms with E-state index < -0.39 is 29.8 Å². The van der Waals surface area contributed by atoms with Gasteiger partial charge in [-0.25, -0.2) is 9.78 Å². The summed E-state index contributed by atoms with van der Waals surface area (Å²) in [5, 5.41) is 15.2. The number of carboxylic acid groups (broad SMARTS) is 1. The van der Waals surface area contributed by atoms with Crippen LogP contribution in [0.5, 0.6) is 0 Å². The highest BCUT2D eigenvalue weighted by molar-refractivity contribution is 7.17. The van der Waals surface area contributed by atoms with Gasteiger partial charge in [0, 0.05) is 24.5 Å². The van der Waals surface area contributed by atoms with E-state index in [1.165, 1.54) is 5.38 Å². The number of hydrogen-bond acceptors (Lipinski definition) is 5. The molecule has 0 aromatic carbocycles. The van der Waals surface area contributed by atoms with Crippen molar-refractivity contribution in [2.45, 2.75) is 38.5 Å². The van der Waals surface area contributed by atoms with E-state index in [0.29, 0.717) is 13.0 Å². The Morgan fingerprint density at radius 1 is 1.39 bits per heavy atom. The number of nitrogens with zero attached hydrogens (tertiary/aromatic N) is 2. The van der Waals surface area contributed by atoms with Crippen LogP contribution >= 0.6 is 11.3 Å². The van der Waals surface area contributed by atoms with Gasteiger partial charge in [-0.15, -0.1) is 11.3 Å². The Hall–Kier alpha value is -2.56. The summed E-state index contributed by atoms with van der Waals surface area (Å²) in [6, 6.07) is 0.399. The largest absolute Gasteiger partial charge is 0.465 e. The highest BCUT2D eigenvalue weighted by Gasteiger charge is 2.36. The lowest BCUT2D eigenvalue weighted by molar-refractivity contribution is -0.136. The van der Waals surface area contributed by atoms with Gasteiger partial charge in [0.25, 0.3) is 5.91 Å². The molecule has 1 fully saturated rings. The Morgan fingerprint density at radius 2 is 2.11 bits per heavy atom. The molecule has 28 heavy (non-hydrogen) atoms. The van der Waals surface area contributed by atoms with Crippen molar-refractivity contribution >= 4 is 39.4 Å². The number of pyridine rings is 1. The van der Waals surface area contributed by atoms with Crippen LogP contribution in [0, 0.1) is 0 Å². The maximum absolute atomic E-state index is 13.6. The van der Waals surface area contributed by atoms with E-state index >= 15 is 0 Å². The van der Waals surface area contributed by atoms with E-state index in [2.05, 4.69) is 15.6 Å². The average Bonchev–Trinajstić information content (AvgIpc) is 3.18. The second-order valence-corrected chi connectivity index (χ2v) is 7.74. The summed E-state index contributed by atoms with van der Waals surface area (Å²) in [5.41, 5.74) is -0.751. The van der Waals surface area contributed by atoms with Gasteiger partial charge in [0.15, 0.2) is 0 Å². The Labute approximate surface area is 162 Å². The number of halogens is 3. The molecular formula is C17H19F3N4O3S. The summed E-state index contributed by atoms with van der Waals surface area (Å²) in [6.45, 7) is 4.08. The van der Waals surface area contributed by atoms with Crippen molar-refractivity contribution < 1.29 is 27.9 Å². The van der Waals surface area contributed by atoms with E-state index in [-0.39, 0.29) is 34.2 Å². The quantitative estimate of drug-likeness (QED) is 0.711. The number of carbonyl (C=O) groups is 2. The standard InChI is InChI=1S/C17H19F3N4O3S/c1-8(2)21-15(25)10-7-28-14-11(17(18,19)20)5-12(23-13(10)14)24-4-3-9(6-24)22-16(26)27/h5,7-9,22H,3-4,6H2,1-2H3,(H,21,25)(H,26,27). The van der Waals surface area contributed by atoms with Crippen LogP contribution in [0.4, 0.5) is 23.8 Å². The van der Waals surface area contributed by atoms with Crippen molar-refractivity contribution in [1.29, 1.82) is 0 Å². The van der Waals surface area contributed by atoms with Crippen LogP contribution in [0.15, 0.2) is 11.4 Å². The first-order chi connectivity index (χ1) is 13.1. The zero-order valence-corrected chi connectivity index (χ0v) is 15.9. The number of hydrogen-bond donors (Lipinski definition) is 3. The number of aromatic nitrogens is 1. The van der Waals surface area contributed by atoms with Crippen LogP contribution in [0.25, 0.3) is 10.2 Å². The van der Waals surface area contributed by atoms with Gasteiger partial charge in [-0.1, -0.05) is 0 Å². The molecule has 2 aromatic heterocycles. The summed E-state index contributed by atoms with van der Waals surface area (Å²) in [6.07, 6.45) is -5.33. The molecule has 7 nitrogen and oxygen atoms in total. The van der Waals surface area contributed by atoms with Crippen molar-refractivity contribution in [3.63, 3.8) is 0 Å². The zero-order valence-electron chi connectivity index (χ0n) is 15.1. The molecule has 1 aliphatic rings. The fourth-order valence-electron chi connectivity index (χ4n) is 3.13. The van der Waals surface area contributed by atoms with Crippen molar-refractivity contribution in [1.82, 2.24) is 15.6 Å². The molecule has 3 N–H and O–H groups in total. The Kier molecular flexibility index (Phi) is 5.37. The first-order valence-electron chi connectivity index (χ1n) is 8.61. The van der Waals surface area contributed by atoms with Gasteiger partial charge in [0.1, 0.15) is 5.82 Å². The average molecular weight is 416 g/mol. The van der Waals surface area contributed by atoms with E-state index in [1.807, 2.05) is 0 Å². The number of alkyl halides is 3. The van der Waals surface area contributed by atoms with E-state index in [9.17, 15) is 22.8 Å². The minimum absolute atomic E-state index is 0.00242. The molecule has 1 atom stereocenters. The van der Waals surface area contributed by atoms with Crippen molar-refractivity contribution in [2.75, 3.05) is 18.0 Å². The van der Waals surface area contributed by atoms with E-state index in [0.717, 1.165) is 17.4 Å². The molecule has 0 aliphatic carbocycles. The van der Waals surface area contributed by atoms with Crippen LogP contribution in [-0.2, 0) is 6.18 Å². The molecule has 1 aliphatic heterocycles. The summed E-state index contributed by atoms with van der Waals surface area (Å²) >= 11 is 0.831. The molecule has 0 bridgehead atoms. The van der Waals surface area contributed by atoms with E-state index in [4.69, 9.17) is 5.11 Å². The SMILES string of the molecule is CC(C)NC(=O)c1csc2c(C(F)(F)F)cc(N3CCC(NC(=O)O)C3)nc12. The van der Waals surface area contributed by atoms with E-state index in [1.54, 1.807) is 18.7 Å². The maximum atomic E-state index is 13.6. The monoisotopic (exact) mass is 416 g/mol. The van der Waals surface area contributed by atoms with Crippen LogP contribution in [0.3, 0.4) is 0 Å². The minimum atomic E-state index is -4.61. The first kappa shape index (κ1) is 20.2. The summed E-state index contributed by atoms with van der Waals surface area (Å²) < 4.78 is 40.8. The Bertz CT molecular complexity index is 913. The predicted octanol–water partition coefficient (Wildman–Crippen LogP) is 3.30. The number of fused-ring (bicyclic) bond motifs is 1. The van der Waals surface area contributed by atoms with Gasteiger partial charge in [-0.05, 0) is 26.3 Å². The third-order valence-electron chi connectivity index (χ3n) is 4.32. The minimum Gasteiger partial charge on any atom is -0.465 e. The Morgan fingerprint density at radius 3 is 2.71 bits per heavy atom. The van der Waals surface area contributed by atoms with Crippen LogP contribution in [0.1, 0.15) is 36.2 Å². The number of amides is 2. The lowest BCUT2D eigenvalue weighted by atomic mass is 10.1. The molecule has 11 heteroatoms. The molecule has 0 saturated carbocycles. The van der Waals surface area contributed by atoms with Crippen molar-refractivity contribution in [2.24, 2.45) is 0 Å². The van der Waals surface area contributed by atoms with Gasteiger partial charge in [0.05, 0.1) is 27.4 Å². The normalized spacial score (nSPS) is 17.4. The van der Waals surface area contributed by atoms with Gasteiger partial charge in [0.2, 0.25) is 0 Å². The molecule has 3 rings (SSSR count). The fourth-order valence-corrected chi connectivity index (χ4v) is 4.15. The molecule has 152 valence electrons. The third-order valence-corrected chi connectivity index (χ3v) is 5.32. The molecule has 2 aromatic rings. The first-order valence-corrected chi connectivity index (χ1v) is 9.49. The highest BCUT2D eigenvalue weighted by Crippen LogP contribution is 2.40. The van der Waals surface area contributed by atoms with Gasteiger partial charge < -0.3 is 20.6 Å². The Balaban J connectivity index is 2.04. The van der Waals surface area contributed by atoms with Gasteiger partial charge in [-0.3, -0.25) is 4.79 Å². The number of thiophene rings is 1. The summed E-state index contributed by atoms with van der Waals surface area (Å²) in [7, 11) is 0. The molecule has 2 amide bonds. The number of nitrogens with one attached hydrogen (secondary N) is 2. The molecule has 0 radical (unpaired) electrons. The molecule has 1 saturated heterocycles. The molecule has 0 spiro atoms. The number of rotatable bonds is 4. The zero-order chi connectivity index (χ0) is 20.6. The topological polar surface area (TPSA) is 94.6 Å². The smallest absolute Gasteiger partial charge is 0.417 e. The van der Waals surface area contributed by atoms with Crippen LogP contribution in [0.2, 0.25) is 0 Å². The lowest BCUT2D eigenvalue weighted by Crippen LogP contribution is -2.36. The third kappa shape index (κ3) is 4.13. The second kappa shape index (κ2) is 7.46. The van der Waals surface area contributed by atoms with Crippen molar-refractivity contribution in [3.8, 4) is 0 Å². The summed E-state index contributed by atoms with van der Waals surface area (Å²) in [5.74, 6) is -0.405. The fraction of sp³-hybridized carbons (Fsp3) is 0.471. The van der Waals surface area contributed by atoms with Gasteiger partial charge in [-0.2, -0.15) is 13.2 Å². The van der Waals surface area contributed by atoms with Crippen LogP contribution < -0.4 is 15.5 Å².